The van der Waals surface area contributed by atoms with Crippen LogP contribution in [-0.4, -0.2) is 17.7 Å². The Kier molecular flexibility index (Phi) is 4.04. The lowest BCUT2D eigenvalue weighted by molar-refractivity contribution is 0.0176. The summed E-state index contributed by atoms with van der Waals surface area (Å²) in [7, 11) is 0. The summed E-state index contributed by atoms with van der Waals surface area (Å²) in [5.41, 5.74) is 3.19. The van der Waals surface area contributed by atoms with Gasteiger partial charge in [-0.1, -0.05) is 0 Å². The van der Waals surface area contributed by atoms with Gasteiger partial charge in [-0.05, 0) is 31.7 Å². The van der Waals surface area contributed by atoms with E-state index in [-0.39, 0.29) is 18.0 Å². The molecule has 0 aromatic carbocycles. The van der Waals surface area contributed by atoms with E-state index in [1.54, 1.807) is 12.3 Å². The number of halogens is 1. The zero-order valence-electron chi connectivity index (χ0n) is 9.90. The number of rotatable bonds is 6. The van der Waals surface area contributed by atoms with Crippen LogP contribution in [0, 0.1) is 11.7 Å². The Bertz CT molecular complexity index is 371. The standard InChI is InChI=1S/C12H18FN3O/c1-2-17-12(8-3-4-8)11(16-14)9-5-6-15-7-10(9)13/h5-8,11-12,16H,2-4,14H2,1H3. The van der Waals surface area contributed by atoms with E-state index in [4.69, 9.17) is 10.6 Å². The van der Waals surface area contributed by atoms with E-state index in [0.717, 1.165) is 12.8 Å². The quantitative estimate of drug-likeness (QED) is 0.584. The molecule has 0 bridgehead atoms. The van der Waals surface area contributed by atoms with Crippen molar-refractivity contribution in [1.82, 2.24) is 10.4 Å². The summed E-state index contributed by atoms with van der Waals surface area (Å²) in [6.07, 6.45) is 4.95. The molecule has 0 aliphatic heterocycles. The molecule has 1 aliphatic rings. The fourth-order valence-electron chi connectivity index (χ4n) is 2.12. The predicted octanol–water partition coefficient (Wildman–Crippen LogP) is 1.54. The maximum Gasteiger partial charge on any atom is 0.146 e. The molecule has 2 atom stereocenters. The van der Waals surface area contributed by atoms with Crippen molar-refractivity contribution in [3.05, 3.63) is 29.8 Å². The van der Waals surface area contributed by atoms with E-state index < -0.39 is 0 Å². The minimum atomic E-state index is -0.346. The molecule has 0 amide bonds. The van der Waals surface area contributed by atoms with Gasteiger partial charge in [0.2, 0.25) is 0 Å². The van der Waals surface area contributed by atoms with E-state index in [9.17, 15) is 4.39 Å². The molecule has 17 heavy (non-hydrogen) atoms. The topological polar surface area (TPSA) is 60.2 Å². The van der Waals surface area contributed by atoms with Crippen LogP contribution in [0.5, 0.6) is 0 Å². The van der Waals surface area contributed by atoms with Crippen LogP contribution < -0.4 is 11.3 Å². The fourth-order valence-corrected chi connectivity index (χ4v) is 2.12. The van der Waals surface area contributed by atoms with Crippen LogP contribution in [0.4, 0.5) is 4.39 Å². The molecular formula is C12H18FN3O. The van der Waals surface area contributed by atoms with Crippen molar-refractivity contribution in [3.8, 4) is 0 Å². The van der Waals surface area contributed by atoms with Crippen molar-refractivity contribution in [2.45, 2.75) is 31.9 Å². The van der Waals surface area contributed by atoms with E-state index in [1.807, 2.05) is 6.92 Å². The molecule has 1 aromatic heterocycles. The molecule has 1 saturated carbocycles. The van der Waals surface area contributed by atoms with Gasteiger partial charge in [0.25, 0.3) is 0 Å². The fraction of sp³-hybridized carbons (Fsp3) is 0.583. The smallest absolute Gasteiger partial charge is 0.146 e. The van der Waals surface area contributed by atoms with E-state index in [0.29, 0.717) is 18.1 Å². The minimum Gasteiger partial charge on any atom is -0.376 e. The number of nitrogens with two attached hydrogens (primary N) is 1. The van der Waals surface area contributed by atoms with Crippen molar-refractivity contribution in [2.75, 3.05) is 6.61 Å². The van der Waals surface area contributed by atoms with Gasteiger partial charge in [0.05, 0.1) is 18.3 Å². The Hall–Kier alpha value is -1.04. The van der Waals surface area contributed by atoms with Gasteiger partial charge in [-0.3, -0.25) is 16.3 Å². The van der Waals surface area contributed by atoms with Crippen molar-refractivity contribution in [2.24, 2.45) is 11.8 Å². The molecule has 4 nitrogen and oxygen atoms in total. The molecule has 0 spiro atoms. The summed E-state index contributed by atoms with van der Waals surface area (Å²) in [4.78, 5) is 3.74. The van der Waals surface area contributed by atoms with E-state index in [2.05, 4.69) is 10.4 Å². The molecule has 2 rings (SSSR count). The monoisotopic (exact) mass is 239 g/mol. The largest absolute Gasteiger partial charge is 0.376 e. The van der Waals surface area contributed by atoms with Gasteiger partial charge in [-0.25, -0.2) is 4.39 Å². The molecule has 5 heteroatoms. The van der Waals surface area contributed by atoms with Crippen LogP contribution >= 0.6 is 0 Å². The Labute approximate surface area is 100 Å². The second-order valence-corrected chi connectivity index (χ2v) is 4.30. The van der Waals surface area contributed by atoms with E-state index >= 15 is 0 Å². The maximum absolute atomic E-state index is 13.7. The first-order valence-corrected chi connectivity index (χ1v) is 5.95. The van der Waals surface area contributed by atoms with Gasteiger partial charge in [-0.2, -0.15) is 0 Å². The molecule has 0 radical (unpaired) electrons. The first-order chi connectivity index (χ1) is 8.27. The summed E-state index contributed by atoms with van der Waals surface area (Å²) in [5.74, 6) is 5.68. The summed E-state index contributed by atoms with van der Waals surface area (Å²) >= 11 is 0. The Morgan fingerprint density at radius 2 is 2.41 bits per heavy atom. The number of nitrogens with one attached hydrogen (secondary N) is 1. The van der Waals surface area contributed by atoms with Crippen LogP contribution in [0.3, 0.4) is 0 Å². The highest BCUT2D eigenvalue weighted by molar-refractivity contribution is 5.19. The Morgan fingerprint density at radius 3 is 2.94 bits per heavy atom. The van der Waals surface area contributed by atoms with Crippen LogP contribution in [0.25, 0.3) is 0 Å². The van der Waals surface area contributed by atoms with Crippen molar-refractivity contribution >= 4 is 0 Å². The maximum atomic E-state index is 13.7. The molecular weight excluding hydrogens is 221 g/mol. The number of hydrazine groups is 1. The second kappa shape index (κ2) is 5.53. The van der Waals surface area contributed by atoms with Crippen LogP contribution in [0.2, 0.25) is 0 Å². The zero-order chi connectivity index (χ0) is 12.3. The van der Waals surface area contributed by atoms with Gasteiger partial charge in [-0.15, -0.1) is 0 Å². The first kappa shape index (κ1) is 12.4. The van der Waals surface area contributed by atoms with Gasteiger partial charge >= 0.3 is 0 Å². The predicted molar refractivity (Wildman–Crippen MR) is 62.4 cm³/mol. The van der Waals surface area contributed by atoms with Gasteiger partial charge < -0.3 is 4.74 Å². The number of hydrogen-bond acceptors (Lipinski definition) is 4. The summed E-state index contributed by atoms with van der Waals surface area (Å²) in [6.45, 7) is 2.54. The minimum absolute atomic E-state index is 0.0677. The lowest BCUT2D eigenvalue weighted by atomic mass is 9.99. The number of pyridine rings is 1. The Morgan fingerprint density at radius 1 is 1.65 bits per heavy atom. The molecule has 1 aliphatic carbocycles. The van der Waals surface area contributed by atoms with Crippen LogP contribution in [0.15, 0.2) is 18.5 Å². The van der Waals surface area contributed by atoms with Crippen molar-refractivity contribution in [1.29, 1.82) is 0 Å². The van der Waals surface area contributed by atoms with Crippen molar-refractivity contribution in [3.63, 3.8) is 0 Å². The van der Waals surface area contributed by atoms with Gasteiger partial charge in [0, 0.05) is 18.4 Å². The molecule has 2 unspecified atom stereocenters. The third-order valence-corrected chi connectivity index (χ3v) is 3.09. The number of nitrogens with zero attached hydrogens (tertiary/aromatic N) is 1. The molecule has 1 heterocycles. The normalized spacial score (nSPS) is 19.0. The van der Waals surface area contributed by atoms with Gasteiger partial charge in [0.1, 0.15) is 5.82 Å². The first-order valence-electron chi connectivity index (χ1n) is 5.95. The second-order valence-electron chi connectivity index (χ2n) is 4.30. The summed E-state index contributed by atoms with van der Waals surface area (Å²) in [5, 5.41) is 0. The average Bonchev–Trinajstić information content (AvgIpc) is 3.15. The lowest BCUT2D eigenvalue weighted by Gasteiger charge is -2.27. The number of ether oxygens (including phenoxy) is 1. The Balaban J connectivity index is 2.21. The SMILES string of the molecule is CCOC(C1CC1)C(NN)c1ccncc1F. The van der Waals surface area contributed by atoms with Crippen LogP contribution in [0.1, 0.15) is 31.4 Å². The highest BCUT2D eigenvalue weighted by atomic mass is 19.1. The zero-order valence-corrected chi connectivity index (χ0v) is 9.90. The average molecular weight is 239 g/mol. The highest BCUT2D eigenvalue weighted by Crippen LogP contribution is 2.40. The lowest BCUT2D eigenvalue weighted by Crippen LogP contribution is -2.39. The summed E-state index contributed by atoms with van der Waals surface area (Å²) < 4.78 is 19.4. The third-order valence-electron chi connectivity index (χ3n) is 3.09. The molecule has 3 N–H and O–H groups in total. The number of aromatic nitrogens is 1. The summed E-state index contributed by atoms with van der Waals surface area (Å²) in [6, 6.07) is 1.33. The molecule has 1 aromatic rings. The molecule has 94 valence electrons. The van der Waals surface area contributed by atoms with Gasteiger partial charge in [0.15, 0.2) is 0 Å². The van der Waals surface area contributed by atoms with Crippen LogP contribution in [-0.2, 0) is 4.74 Å². The van der Waals surface area contributed by atoms with E-state index in [1.165, 1.54) is 6.20 Å². The van der Waals surface area contributed by atoms with Crippen molar-refractivity contribution < 1.29 is 9.13 Å². The highest BCUT2D eigenvalue weighted by Gasteiger charge is 2.38. The molecule has 1 fully saturated rings. The third kappa shape index (κ3) is 2.80. The number of hydrogen-bond donors (Lipinski definition) is 2. The molecule has 0 saturated heterocycles.